The maximum Gasteiger partial charge on any atom is 0.305 e. The van der Waals surface area contributed by atoms with Crippen LogP contribution in [0.15, 0.2) is 97.1 Å². The number of nitrogens with zero attached hydrogens (tertiary/aromatic N) is 2. The number of halogens is 2. The Kier molecular flexibility index (Phi) is 8.48. The van der Waals surface area contributed by atoms with Crippen molar-refractivity contribution in [3.8, 4) is 28.1 Å². The number of carboxylic acid groups (broad SMARTS) is 1. The van der Waals surface area contributed by atoms with Gasteiger partial charge in [-0.1, -0.05) is 59.6 Å². The van der Waals surface area contributed by atoms with E-state index < -0.39 is 5.97 Å². The Hall–Kier alpha value is -4.85. The van der Waals surface area contributed by atoms with Crippen molar-refractivity contribution in [2.75, 3.05) is 13.7 Å². The minimum Gasteiger partial charge on any atom is -0.497 e. The summed E-state index contributed by atoms with van der Waals surface area (Å²) in [5.41, 5.74) is 6.00. The zero-order chi connectivity index (χ0) is 31.7. The minimum atomic E-state index is -0.963. The fourth-order valence-corrected chi connectivity index (χ4v) is 6.01. The van der Waals surface area contributed by atoms with Crippen molar-refractivity contribution in [2.24, 2.45) is 0 Å². The molecule has 9 heteroatoms. The molecule has 0 spiro atoms. The normalized spacial score (nSPS) is 11.9. The first kappa shape index (κ1) is 30.2. The maximum absolute atomic E-state index is 12.5. The highest BCUT2D eigenvalue weighted by molar-refractivity contribution is 6.35. The van der Waals surface area contributed by atoms with Gasteiger partial charge in [-0.15, -0.1) is 0 Å². The maximum atomic E-state index is 12.5. The molecule has 2 N–H and O–H groups in total. The topological polar surface area (TPSA) is 93.5 Å². The van der Waals surface area contributed by atoms with Crippen molar-refractivity contribution in [2.45, 2.75) is 19.4 Å². The van der Waals surface area contributed by atoms with Crippen LogP contribution in [0.4, 0.5) is 0 Å². The van der Waals surface area contributed by atoms with E-state index in [1.165, 1.54) is 0 Å². The van der Waals surface area contributed by atoms with Crippen LogP contribution in [0.25, 0.3) is 44.1 Å². The fraction of sp³-hybridized carbons (Fsp3) is 0.139. The molecule has 1 atom stereocenters. The van der Waals surface area contributed by atoms with E-state index in [9.17, 15) is 9.59 Å². The number of aliphatic carboxylic acids is 1. The smallest absolute Gasteiger partial charge is 0.305 e. The monoisotopic (exact) mass is 637 g/mol. The molecule has 6 aromatic rings. The van der Waals surface area contributed by atoms with Crippen LogP contribution in [0.3, 0.4) is 0 Å². The number of carbonyl (C=O) groups excluding carboxylic acids is 1. The summed E-state index contributed by atoms with van der Waals surface area (Å²) in [5, 5.41) is 20.8. The van der Waals surface area contributed by atoms with E-state index in [4.69, 9.17) is 38.1 Å². The molecule has 0 saturated heterocycles. The van der Waals surface area contributed by atoms with Crippen molar-refractivity contribution >= 4 is 56.8 Å². The lowest BCUT2D eigenvalue weighted by atomic mass is 9.99. The van der Waals surface area contributed by atoms with Gasteiger partial charge in [0.25, 0.3) is 5.91 Å². The summed E-state index contributed by atoms with van der Waals surface area (Å²) in [5.74, 6) is -0.469. The number of ether oxygens (including phenoxy) is 1. The number of methoxy groups -OCH3 is 1. The van der Waals surface area contributed by atoms with Crippen LogP contribution in [0.1, 0.15) is 35.3 Å². The summed E-state index contributed by atoms with van der Waals surface area (Å²) in [6.45, 7) is 2.12. The van der Waals surface area contributed by atoms with Crippen LogP contribution in [0, 0.1) is 0 Å². The Balaban J connectivity index is 1.41. The Morgan fingerprint density at radius 1 is 0.844 bits per heavy atom. The highest BCUT2D eigenvalue weighted by Crippen LogP contribution is 2.37. The molecular weight excluding hydrogens is 609 g/mol. The second kappa shape index (κ2) is 12.6. The second-order valence-electron chi connectivity index (χ2n) is 10.8. The zero-order valence-electron chi connectivity index (χ0n) is 24.6. The van der Waals surface area contributed by atoms with Crippen LogP contribution >= 0.6 is 23.2 Å². The first-order chi connectivity index (χ1) is 21.7. The molecular formula is C36H29Cl2N3O4. The summed E-state index contributed by atoms with van der Waals surface area (Å²) in [6.07, 6.45) is -0.136. The van der Waals surface area contributed by atoms with Gasteiger partial charge >= 0.3 is 5.97 Å². The van der Waals surface area contributed by atoms with Gasteiger partial charge in [0, 0.05) is 33.1 Å². The van der Waals surface area contributed by atoms with E-state index in [1.54, 1.807) is 25.3 Å². The third kappa shape index (κ3) is 6.36. The molecule has 45 heavy (non-hydrogen) atoms. The van der Waals surface area contributed by atoms with Crippen molar-refractivity contribution in [1.82, 2.24) is 15.1 Å². The van der Waals surface area contributed by atoms with Gasteiger partial charge in [0.1, 0.15) is 11.4 Å². The van der Waals surface area contributed by atoms with Crippen molar-refractivity contribution in [3.63, 3.8) is 0 Å². The summed E-state index contributed by atoms with van der Waals surface area (Å²) >= 11 is 12.8. The van der Waals surface area contributed by atoms with Gasteiger partial charge in [-0.25, -0.2) is 0 Å². The average Bonchev–Trinajstić information content (AvgIpc) is 3.42. The van der Waals surface area contributed by atoms with E-state index in [2.05, 4.69) is 54.7 Å². The van der Waals surface area contributed by atoms with Gasteiger partial charge in [0.05, 0.1) is 25.1 Å². The molecule has 1 aromatic heterocycles. The lowest BCUT2D eigenvalue weighted by Crippen LogP contribution is -2.26. The predicted molar refractivity (Wildman–Crippen MR) is 180 cm³/mol. The summed E-state index contributed by atoms with van der Waals surface area (Å²) in [4.78, 5) is 23.3. The van der Waals surface area contributed by atoms with E-state index in [0.717, 1.165) is 55.4 Å². The first-order valence-corrected chi connectivity index (χ1v) is 15.1. The van der Waals surface area contributed by atoms with E-state index in [-0.39, 0.29) is 24.9 Å². The minimum absolute atomic E-state index is 0.0651. The Bertz CT molecular complexity index is 2050. The standard InChI is InChI=1S/C36H29Cl2N3O4/c1-21(22-3-5-23(6-4-22)36(44)39-14-13-34(42)43)41-33-19-27(24-7-8-26-18-31(45-2)11-9-25(26)15-24)10-12-32(33)35(40-41)28-16-29(37)20-30(38)17-28/h3-12,15-21H,13-14H2,1-2H3,(H,39,44)(H,42,43)/t21-/m0/s1. The molecule has 1 amide bonds. The number of amides is 1. The first-order valence-electron chi connectivity index (χ1n) is 14.4. The number of hydrogen-bond donors (Lipinski definition) is 2. The summed E-state index contributed by atoms with van der Waals surface area (Å²) < 4.78 is 7.37. The van der Waals surface area contributed by atoms with E-state index in [0.29, 0.717) is 15.6 Å². The molecule has 0 aliphatic carbocycles. The Labute approximate surface area is 270 Å². The van der Waals surface area contributed by atoms with Gasteiger partial charge in [-0.3, -0.25) is 14.3 Å². The number of benzene rings is 5. The van der Waals surface area contributed by atoms with Gasteiger partial charge < -0.3 is 15.2 Å². The molecule has 0 radical (unpaired) electrons. The number of fused-ring (bicyclic) bond motifs is 2. The molecule has 5 aromatic carbocycles. The SMILES string of the molecule is COc1ccc2cc(-c3ccc4c(-c5cc(Cl)cc(Cl)c5)nn([C@@H](C)c5ccc(C(=O)NCCC(=O)O)cc5)c4c3)ccc2c1. The largest absolute Gasteiger partial charge is 0.497 e. The molecule has 0 fully saturated rings. The number of nitrogens with one attached hydrogen (secondary N) is 1. The van der Waals surface area contributed by atoms with E-state index >= 15 is 0 Å². The number of carboxylic acids is 1. The lowest BCUT2D eigenvalue weighted by molar-refractivity contribution is -0.136. The summed E-state index contributed by atoms with van der Waals surface area (Å²) in [7, 11) is 1.66. The zero-order valence-corrected chi connectivity index (χ0v) is 26.1. The Morgan fingerprint density at radius 3 is 2.22 bits per heavy atom. The molecule has 0 unspecified atom stereocenters. The van der Waals surface area contributed by atoms with Gasteiger partial charge in [-0.05, 0) is 95.1 Å². The molecule has 0 aliphatic rings. The molecule has 6 rings (SSSR count). The number of hydrogen-bond acceptors (Lipinski definition) is 4. The number of rotatable bonds is 9. The van der Waals surface area contributed by atoms with Crippen molar-refractivity contribution in [1.29, 1.82) is 0 Å². The van der Waals surface area contributed by atoms with Crippen LogP contribution in [0.5, 0.6) is 5.75 Å². The summed E-state index contributed by atoms with van der Waals surface area (Å²) in [6, 6.07) is 31.2. The third-order valence-corrected chi connectivity index (χ3v) is 8.31. The highest BCUT2D eigenvalue weighted by atomic mass is 35.5. The average molecular weight is 639 g/mol. The Morgan fingerprint density at radius 2 is 1.51 bits per heavy atom. The van der Waals surface area contributed by atoms with Crippen LogP contribution in [-0.2, 0) is 4.79 Å². The van der Waals surface area contributed by atoms with Crippen molar-refractivity contribution in [3.05, 3.63) is 118 Å². The molecule has 0 aliphatic heterocycles. The molecule has 0 bridgehead atoms. The third-order valence-electron chi connectivity index (χ3n) is 7.87. The van der Waals surface area contributed by atoms with E-state index in [1.807, 2.05) is 41.1 Å². The predicted octanol–water partition coefficient (Wildman–Crippen LogP) is 8.65. The van der Waals surface area contributed by atoms with Crippen LogP contribution < -0.4 is 10.1 Å². The number of aromatic nitrogens is 2. The molecule has 1 heterocycles. The van der Waals surface area contributed by atoms with Crippen LogP contribution in [-0.4, -0.2) is 40.4 Å². The van der Waals surface area contributed by atoms with Crippen molar-refractivity contribution < 1.29 is 19.4 Å². The lowest BCUT2D eigenvalue weighted by Gasteiger charge is -2.15. The molecule has 226 valence electrons. The van der Waals surface area contributed by atoms with Gasteiger partial charge in [0.15, 0.2) is 0 Å². The molecule has 7 nitrogen and oxygen atoms in total. The molecule has 0 saturated carbocycles. The number of carbonyl (C=O) groups is 2. The van der Waals surface area contributed by atoms with Gasteiger partial charge in [0.2, 0.25) is 0 Å². The fourth-order valence-electron chi connectivity index (χ4n) is 5.49. The second-order valence-corrected chi connectivity index (χ2v) is 11.7. The highest BCUT2D eigenvalue weighted by Gasteiger charge is 2.20. The van der Waals surface area contributed by atoms with Crippen LogP contribution in [0.2, 0.25) is 10.0 Å². The van der Waals surface area contributed by atoms with Gasteiger partial charge in [-0.2, -0.15) is 5.10 Å². The quantitative estimate of drug-likeness (QED) is 0.165.